The van der Waals surface area contributed by atoms with E-state index in [-0.39, 0.29) is 32.2 Å². The van der Waals surface area contributed by atoms with Crippen molar-refractivity contribution in [2.45, 2.75) is 437 Å². The lowest BCUT2D eigenvalue weighted by molar-refractivity contribution is -0.870. The van der Waals surface area contributed by atoms with Crippen LogP contribution in [0.2, 0.25) is 0 Å². The van der Waals surface area contributed by atoms with E-state index in [9.17, 15) is 19.5 Å². The van der Waals surface area contributed by atoms with Gasteiger partial charge in [-0.1, -0.05) is 407 Å². The maximum absolute atomic E-state index is 13.0. The summed E-state index contributed by atoms with van der Waals surface area (Å²) >= 11 is 0. The van der Waals surface area contributed by atoms with Gasteiger partial charge in [-0.2, -0.15) is 0 Å². The number of carboxylic acid groups (broad SMARTS) is 1. The Bertz CT molecular complexity index is 1940. The molecular weight excluding hydrogens is 1250 g/mol. The fourth-order valence-corrected chi connectivity index (χ4v) is 13.0. The van der Waals surface area contributed by atoms with Crippen molar-refractivity contribution in [3.63, 3.8) is 0 Å². The van der Waals surface area contributed by atoms with Crippen LogP contribution in [0.15, 0.2) is 85.1 Å². The average Bonchev–Trinajstić information content (AvgIpc) is 1.25. The number of quaternary nitrogens is 1. The van der Waals surface area contributed by atoms with Gasteiger partial charge in [-0.25, -0.2) is 0 Å². The third-order valence-electron chi connectivity index (χ3n) is 19.6. The van der Waals surface area contributed by atoms with Gasteiger partial charge in [0.25, 0.3) is 0 Å². The van der Waals surface area contributed by atoms with Gasteiger partial charge < -0.3 is 33.3 Å². The highest BCUT2D eigenvalue weighted by Gasteiger charge is 2.22. The highest BCUT2D eigenvalue weighted by atomic mass is 16.7. The zero-order chi connectivity index (χ0) is 73.2. The number of allylic oxidation sites excluding steroid dienone is 14. The lowest BCUT2D eigenvalue weighted by Crippen LogP contribution is -2.44. The summed E-state index contributed by atoms with van der Waals surface area (Å²) in [5.74, 6) is -2.25. The van der Waals surface area contributed by atoms with Crippen LogP contribution in [-0.2, 0) is 33.3 Å². The second-order valence-corrected chi connectivity index (χ2v) is 30.8. The van der Waals surface area contributed by atoms with Crippen LogP contribution in [0.5, 0.6) is 0 Å². The number of carboxylic acids is 1. The monoisotopic (exact) mass is 1410 g/mol. The number of esters is 2. The van der Waals surface area contributed by atoms with E-state index in [0.717, 1.165) is 70.6 Å². The normalized spacial score (nSPS) is 13.0. The highest BCUT2D eigenvalue weighted by Crippen LogP contribution is 2.20. The molecule has 9 nitrogen and oxygen atoms in total. The van der Waals surface area contributed by atoms with Crippen molar-refractivity contribution < 1.29 is 42.9 Å². The van der Waals surface area contributed by atoms with Crippen LogP contribution in [0.25, 0.3) is 0 Å². The van der Waals surface area contributed by atoms with Crippen molar-refractivity contribution in [1.82, 2.24) is 0 Å². The molecule has 0 heterocycles. The summed E-state index contributed by atoms with van der Waals surface area (Å²) in [5, 5.41) is 11.9. The molecule has 0 bridgehead atoms. The van der Waals surface area contributed by atoms with Gasteiger partial charge in [-0.05, 0) is 89.9 Å². The van der Waals surface area contributed by atoms with E-state index in [4.69, 9.17) is 18.9 Å². The van der Waals surface area contributed by atoms with Crippen LogP contribution in [-0.4, -0.2) is 82.3 Å². The minimum atomic E-state index is -1.62. The first-order valence-corrected chi connectivity index (χ1v) is 43.7. The van der Waals surface area contributed by atoms with Crippen molar-refractivity contribution in [1.29, 1.82) is 0 Å². The molecule has 0 saturated heterocycles. The van der Waals surface area contributed by atoms with Gasteiger partial charge in [-0.15, -0.1) is 0 Å². The zero-order valence-electron chi connectivity index (χ0n) is 67.5. The number of nitrogens with zero attached hydrogens (tertiary/aromatic N) is 1. The molecule has 2 unspecified atom stereocenters. The molecule has 0 saturated carbocycles. The van der Waals surface area contributed by atoms with E-state index < -0.39 is 24.3 Å². The van der Waals surface area contributed by atoms with Gasteiger partial charge >= 0.3 is 11.9 Å². The smallest absolute Gasteiger partial charge is 0.306 e. The van der Waals surface area contributed by atoms with Crippen LogP contribution >= 0.6 is 0 Å². The first kappa shape index (κ1) is 97.5. The van der Waals surface area contributed by atoms with Gasteiger partial charge in [0.2, 0.25) is 0 Å². The highest BCUT2D eigenvalue weighted by molar-refractivity contribution is 5.70. The second kappa shape index (κ2) is 82.1. The van der Waals surface area contributed by atoms with Crippen LogP contribution in [0, 0.1) is 0 Å². The fraction of sp³-hybridized carbons (Fsp3) is 0.815. The molecule has 0 aromatic carbocycles. The molecular formula is C92H167NO8. The number of hydrogen-bond acceptors (Lipinski definition) is 8. The molecule has 0 aliphatic heterocycles. The number of likely N-dealkylation sites (N-methyl/N-ethyl adjacent to an activating group) is 1. The van der Waals surface area contributed by atoms with Crippen molar-refractivity contribution in [2.75, 3.05) is 47.5 Å². The molecule has 0 aromatic heterocycles. The Kier molecular flexibility index (Phi) is 79.3. The van der Waals surface area contributed by atoms with Crippen LogP contribution in [0.4, 0.5) is 0 Å². The van der Waals surface area contributed by atoms with Gasteiger partial charge in [0.1, 0.15) is 13.2 Å². The summed E-state index contributed by atoms with van der Waals surface area (Å²) in [5.41, 5.74) is 0. The topological polar surface area (TPSA) is 111 Å². The Balaban J connectivity index is 3.92. The Hall–Kier alpha value is -3.53. The Morgan fingerprint density at radius 1 is 0.307 bits per heavy atom. The lowest BCUT2D eigenvalue weighted by atomic mass is 10.0. The minimum absolute atomic E-state index is 0.149. The quantitative estimate of drug-likeness (QED) is 0.0195. The number of unbranched alkanes of at least 4 members (excludes halogenated alkanes) is 53. The summed E-state index contributed by atoms with van der Waals surface area (Å²) in [7, 11) is 5.95. The Morgan fingerprint density at radius 3 is 0.842 bits per heavy atom. The van der Waals surface area contributed by atoms with E-state index >= 15 is 0 Å². The fourth-order valence-electron chi connectivity index (χ4n) is 13.0. The van der Waals surface area contributed by atoms with Crippen molar-refractivity contribution in [3.8, 4) is 0 Å². The standard InChI is InChI=1S/C92H167NO8/c1-6-8-10-12-14-16-18-20-22-24-26-28-30-32-34-36-38-40-42-44-45-47-48-50-52-54-56-58-60-62-64-66-68-70-72-74-76-78-80-82-89(94)99-86-88(87-100-92(91(96)97)98-85-84-93(3,4)5)101-90(95)83-81-79-77-75-73-71-69-67-65-63-61-59-57-55-53-51-49-46-43-41-39-37-35-33-31-29-27-25-23-21-19-17-15-13-11-9-7-2/h9,11,15,17-18,20-21,23-24,26-27,29,33,35,88,92H,6-8,10,12-14,16,19,22,25,28,30-32,34,36-87H2,1-5H3/b11-9-,17-15-,20-18-,23-21-,26-24-,29-27-,35-33-. The first-order chi connectivity index (χ1) is 49.6. The lowest BCUT2D eigenvalue weighted by Gasteiger charge is -2.26. The summed E-state index contributed by atoms with van der Waals surface area (Å²) in [4.78, 5) is 37.7. The number of hydrogen-bond donors (Lipinski definition) is 0. The maximum Gasteiger partial charge on any atom is 0.306 e. The molecule has 588 valence electrons. The summed E-state index contributed by atoms with van der Waals surface area (Å²) in [6.07, 6.45) is 110. The molecule has 0 N–H and O–H groups in total. The summed E-state index contributed by atoms with van der Waals surface area (Å²) < 4.78 is 22.9. The van der Waals surface area contributed by atoms with E-state index in [0.29, 0.717) is 23.9 Å². The van der Waals surface area contributed by atoms with Gasteiger partial charge in [0.15, 0.2) is 12.4 Å². The molecule has 0 fully saturated rings. The number of aliphatic carboxylic acids is 1. The zero-order valence-corrected chi connectivity index (χ0v) is 67.5. The maximum atomic E-state index is 13.0. The van der Waals surface area contributed by atoms with Crippen molar-refractivity contribution >= 4 is 17.9 Å². The minimum Gasteiger partial charge on any atom is -0.545 e. The molecule has 2 atom stereocenters. The molecule has 0 spiro atoms. The van der Waals surface area contributed by atoms with Crippen LogP contribution < -0.4 is 5.11 Å². The molecule has 0 rings (SSSR count). The van der Waals surface area contributed by atoms with Gasteiger partial charge in [0, 0.05) is 12.8 Å². The Labute approximate surface area is 627 Å². The molecule has 9 heteroatoms. The van der Waals surface area contributed by atoms with Crippen molar-refractivity contribution in [2.24, 2.45) is 0 Å². The van der Waals surface area contributed by atoms with Crippen LogP contribution in [0.1, 0.15) is 425 Å². The summed E-state index contributed by atoms with van der Waals surface area (Å²) in [6.45, 7) is 4.69. The number of rotatable bonds is 82. The van der Waals surface area contributed by atoms with Crippen molar-refractivity contribution in [3.05, 3.63) is 85.1 Å². The molecule has 0 aliphatic carbocycles. The number of ether oxygens (including phenoxy) is 4. The molecule has 0 aliphatic rings. The first-order valence-electron chi connectivity index (χ1n) is 43.7. The molecule has 0 aromatic rings. The average molecular weight is 1420 g/mol. The van der Waals surface area contributed by atoms with E-state index in [1.54, 1.807) is 0 Å². The van der Waals surface area contributed by atoms with Crippen LogP contribution in [0.3, 0.4) is 0 Å². The van der Waals surface area contributed by atoms with E-state index in [2.05, 4.69) is 98.9 Å². The summed E-state index contributed by atoms with van der Waals surface area (Å²) in [6, 6.07) is 0. The third-order valence-corrected chi connectivity index (χ3v) is 19.6. The molecule has 0 radical (unpaired) electrons. The predicted molar refractivity (Wildman–Crippen MR) is 435 cm³/mol. The number of carbonyl (C=O) groups is 3. The SMILES string of the molecule is CC/C=C\C/C=C\C/C=C\C/C=C\C/C=C\CCCCCCCCCCCCCCCCCCCCCCCC(=O)OC(COC(=O)CCCCCCCCCCCCCCCCCCCCCCCCCCCCC/C=C\C/C=C\CCCCCCC)COC(OCC[N+](C)(C)C)C(=O)[O-]. The van der Waals surface area contributed by atoms with E-state index in [1.165, 1.54) is 321 Å². The largest absolute Gasteiger partial charge is 0.545 e. The third kappa shape index (κ3) is 83.6. The molecule has 0 amide bonds. The predicted octanol–water partition coefficient (Wildman–Crippen LogP) is 27.2. The second-order valence-electron chi connectivity index (χ2n) is 30.8. The van der Waals surface area contributed by atoms with Gasteiger partial charge in [0.05, 0.1) is 40.3 Å². The van der Waals surface area contributed by atoms with E-state index in [1.807, 2.05) is 21.1 Å². The number of carbonyl (C=O) groups excluding carboxylic acids is 3. The Morgan fingerprint density at radius 2 is 0.564 bits per heavy atom. The van der Waals surface area contributed by atoms with Gasteiger partial charge in [-0.3, -0.25) is 9.59 Å². The molecule has 101 heavy (non-hydrogen) atoms.